The van der Waals surface area contributed by atoms with E-state index in [9.17, 15) is 18.4 Å². The lowest BCUT2D eigenvalue weighted by molar-refractivity contribution is -0.137. The number of carbonyl (C=O) groups excluding carboxylic acids is 1. The van der Waals surface area contributed by atoms with Crippen molar-refractivity contribution in [3.63, 3.8) is 0 Å². The van der Waals surface area contributed by atoms with Crippen LogP contribution in [0.4, 0.5) is 8.78 Å². The summed E-state index contributed by atoms with van der Waals surface area (Å²) < 4.78 is 33.6. The maximum atomic E-state index is 14.1. The molecule has 32 heavy (non-hydrogen) atoms. The van der Waals surface area contributed by atoms with Crippen LogP contribution >= 0.6 is 24.0 Å². The van der Waals surface area contributed by atoms with Crippen LogP contribution in [0.2, 0.25) is 0 Å². The van der Waals surface area contributed by atoms with E-state index in [0.29, 0.717) is 33.3 Å². The first kappa shape index (κ1) is 24.3. The zero-order valence-corrected chi connectivity index (χ0v) is 19.3. The molecule has 1 fully saturated rings. The van der Waals surface area contributed by atoms with E-state index in [1.165, 1.54) is 17.8 Å². The molecular formula is C24H24F2O4S2. The number of hydrogen-bond acceptors (Lipinski definition) is 5. The Morgan fingerprint density at radius 3 is 2.56 bits per heavy atom. The second kappa shape index (κ2) is 11.0. The second-order valence-corrected chi connectivity index (χ2v) is 9.53. The van der Waals surface area contributed by atoms with Crippen molar-refractivity contribution in [3.05, 3.63) is 52.6 Å². The molecule has 0 spiro atoms. The number of thioether (sulfide) groups is 1. The molecule has 0 amide bonds. The van der Waals surface area contributed by atoms with Gasteiger partial charge in [0.25, 0.3) is 0 Å². The normalized spacial score (nSPS) is 17.8. The maximum absolute atomic E-state index is 14.1. The van der Waals surface area contributed by atoms with Crippen LogP contribution in [0, 0.1) is 17.6 Å². The minimum atomic E-state index is -0.773. The summed E-state index contributed by atoms with van der Waals surface area (Å²) in [6.07, 6.45) is 5.12. The van der Waals surface area contributed by atoms with Gasteiger partial charge in [0, 0.05) is 18.1 Å². The Balaban J connectivity index is 1.62. The van der Waals surface area contributed by atoms with Gasteiger partial charge in [0.05, 0.1) is 20.6 Å². The summed E-state index contributed by atoms with van der Waals surface area (Å²) in [5.74, 6) is -1.78. The predicted octanol–water partition coefficient (Wildman–Crippen LogP) is 7.03. The summed E-state index contributed by atoms with van der Waals surface area (Å²) in [6, 6.07) is 6.55. The van der Waals surface area contributed by atoms with Crippen LogP contribution in [0.15, 0.2) is 39.7 Å². The van der Waals surface area contributed by atoms with E-state index < -0.39 is 17.6 Å². The molecule has 170 valence electrons. The van der Waals surface area contributed by atoms with Crippen LogP contribution in [-0.2, 0) is 9.59 Å². The van der Waals surface area contributed by atoms with Gasteiger partial charge in [0.2, 0.25) is 0 Å². The minimum absolute atomic E-state index is 0.0192. The van der Waals surface area contributed by atoms with Gasteiger partial charge in [-0.25, -0.2) is 8.78 Å². The molecule has 1 aromatic heterocycles. The summed E-state index contributed by atoms with van der Waals surface area (Å²) >= 11 is 6.73. The molecule has 1 aromatic carbocycles. The van der Waals surface area contributed by atoms with Gasteiger partial charge < -0.3 is 9.52 Å². The van der Waals surface area contributed by atoms with Crippen LogP contribution in [0.5, 0.6) is 0 Å². The van der Waals surface area contributed by atoms with E-state index in [4.69, 9.17) is 21.7 Å². The summed E-state index contributed by atoms with van der Waals surface area (Å²) in [4.78, 5) is 24.0. The van der Waals surface area contributed by atoms with Crippen molar-refractivity contribution in [1.29, 1.82) is 0 Å². The Morgan fingerprint density at radius 1 is 1.12 bits per heavy atom. The molecule has 1 saturated heterocycles. The Labute approximate surface area is 195 Å². The highest BCUT2D eigenvalue weighted by molar-refractivity contribution is 8.27. The molecule has 1 aliphatic rings. The van der Waals surface area contributed by atoms with E-state index in [0.717, 1.165) is 37.8 Å². The molecule has 2 aromatic rings. The van der Waals surface area contributed by atoms with Crippen molar-refractivity contribution in [2.24, 2.45) is 5.92 Å². The fourth-order valence-electron chi connectivity index (χ4n) is 3.64. The molecule has 3 rings (SSSR count). The lowest BCUT2D eigenvalue weighted by Gasteiger charge is -2.07. The van der Waals surface area contributed by atoms with Crippen LogP contribution in [-0.4, -0.2) is 21.1 Å². The van der Waals surface area contributed by atoms with E-state index in [2.05, 4.69) is 0 Å². The van der Waals surface area contributed by atoms with E-state index in [-0.39, 0.29) is 29.4 Å². The Morgan fingerprint density at radius 2 is 1.84 bits per heavy atom. The van der Waals surface area contributed by atoms with Crippen LogP contribution in [0.1, 0.15) is 57.6 Å². The number of halogens is 2. The lowest BCUT2D eigenvalue weighted by Crippen LogP contribution is -2.13. The van der Waals surface area contributed by atoms with E-state index in [1.807, 2.05) is 0 Å². The highest BCUT2D eigenvalue weighted by atomic mass is 32.2. The van der Waals surface area contributed by atoms with Gasteiger partial charge in [-0.1, -0.05) is 49.7 Å². The topological polar surface area (TPSA) is 67.5 Å². The zero-order chi connectivity index (χ0) is 23.3. The van der Waals surface area contributed by atoms with Gasteiger partial charge in [0.15, 0.2) is 5.78 Å². The first-order chi connectivity index (χ1) is 15.3. The number of thiocarbonyl (C=S) groups is 1. The first-order valence-electron chi connectivity index (χ1n) is 10.5. The number of aliphatic carboxylic acids is 1. The standard InChI is InChI=1S/C24H24F2O4S2/c1-14(19-11-12-20(30-19)16-10-9-15(25)13-18(16)26)23-22(29)17(24(31)32-23)7-5-3-2-4-6-8-21(27)28/h9-13,17H,2-8H2,1H3,(H,27,28)/b23-14-. The first-order valence-corrected chi connectivity index (χ1v) is 11.7. The van der Waals surface area contributed by atoms with Crippen molar-refractivity contribution in [2.45, 2.75) is 51.9 Å². The molecule has 1 atom stereocenters. The van der Waals surface area contributed by atoms with Gasteiger partial charge in [-0.15, -0.1) is 0 Å². The third-order valence-corrected chi connectivity index (χ3v) is 7.16. The highest BCUT2D eigenvalue weighted by Gasteiger charge is 2.36. The number of unbranched alkanes of at least 4 members (excludes halogenated alkanes) is 4. The molecule has 0 radical (unpaired) electrons. The molecule has 4 nitrogen and oxygen atoms in total. The molecule has 2 heterocycles. The summed E-state index contributed by atoms with van der Waals surface area (Å²) in [7, 11) is 0. The van der Waals surface area contributed by atoms with Crippen molar-refractivity contribution in [1.82, 2.24) is 0 Å². The molecule has 0 aliphatic carbocycles. The molecule has 1 N–H and O–H groups in total. The van der Waals surface area contributed by atoms with Gasteiger partial charge >= 0.3 is 5.97 Å². The molecule has 1 aliphatic heterocycles. The number of allylic oxidation sites excluding steroid dienone is 2. The zero-order valence-electron chi connectivity index (χ0n) is 17.7. The number of carbonyl (C=O) groups is 2. The van der Waals surface area contributed by atoms with Gasteiger partial charge in [-0.2, -0.15) is 0 Å². The Kier molecular flexibility index (Phi) is 8.37. The molecule has 0 bridgehead atoms. The van der Waals surface area contributed by atoms with Crippen molar-refractivity contribution in [2.75, 3.05) is 0 Å². The van der Waals surface area contributed by atoms with Crippen molar-refractivity contribution in [3.8, 4) is 11.3 Å². The predicted molar refractivity (Wildman–Crippen MR) is 125 cm³/mol. The number of ketones is 1. The summed E-state index contributed by atoms with van der Waals surface area (Å²) in [6.45, 7) is 1.78. The smallest absolute Gasteiger partial charge is 0.303 e. The van der Waals surface area contributed by atoms with Crippen LogP contribution < -0.4 is 0 Å². The third kappa shape index (κ3) is 5.92. The molecular weight excluding hydrogens is 454 g/mol. The van der Waals surface area contributed by atoms with Gasteiger partial charge in [-0.3, -0.25) is 9.59 Å². The average Bonchev–Trinajstić information content (AvgIpc) is 3.32. The maximum Gasteiger partial charge on any atom is 0.303 e. The second-order valence-electron chi connectivity index (χ2n) is 7.78. The number of benzene rings is 1. The SMILES string of the molecule is C/C(=C1/SC(=S)C(CCCCCCCC(=O)O)C1=O)c1ccc(-c2ccc(F)cc2F)o1. The fourth-order valence-corrected chi connectivity index (χ4v) is 5.18. The number of furan rings is 1. The molecule has 0 saturated carbocycles. The summed E-state index contributed by atoms with van der Waals surface area (Å²) in [5, 5.41) is 8.66. The van der Waals surface area contributed by atoms with Gasteiger partial charge in [0.1, 0.15) is 23.2 Å². The van der Waals surface area contributed by atoms with E-state index >= 15 is 0 Å². The van der Waals surface area contributed by atoms with Crippen molar-refractivity contribution >= 4 is 45.5 Å². The number of carboxylic acids is 1. The number of rotatable bonds is 10. The van der Waals surface area contributed by atoms with Crippen LogP contribution in [0.25, 0.3) is 16.9 Å². The average molecular weight is 479 g/mol. The third-order valence-electron chi connectivity index (χ3n) is 5.42. The molecule has 1 unspecified atom stereocenters. The number of Topliss-reactive ketones (excluding diaryl/α,β-unsaturated/α-hetero) is 1. The van der Waals surface area contributed by atoms with E-state index in [1.54, 1.807) is 19.1 Å². The minimum Gasteiger partial charge on any atom is -0.481 e. The largest absolute Gasteiger partial charge is 0.481 e. The molecule has 8 heteroatoms. The number of carboxylic acid groups (broad SMARTS) is 1. The fraction of sp³-hybridized carbons (Fsp3) is 0.375. The Bertz CT molecular complexity index is 1060. The quantitative estimate of drug-likeness (QED) is 0.225. The number of hydrogen-bond donors (Lipinski definition) is 1. The highest BCUT2D eigenvalue weighted by Crippen LogP contribution is 2.42. The monoisotopic (exact) mass is 478 g/mol. The van der Waals surface area contributed by atoms with Gasteiger partial charge in [-0.05, 0) is 44.0 Å². The Hall–Kier alpha value is -2.32. The van der Waals surface area contributed by atoms with Crippen LogP contribution in [0.3, 0.4) is 0 Å². The lowest BCUT2D eigenvalue weighted by atomic mass is 9.96. The van der Waals surface area contributed by atoms with Crippen molar-refractivity contribution < 1.29 is 27.9 Å². The summed E-state index contributed by atoms with van der Waals surface area (Å²) in [5.41, 5.74) is 0.796.